The number of carboxylic acids is 1. The van der Waals surface area contributed by atoms with E-state index in [2.05, 4.69) is 21.2 Å². The third kappa shape index (κ3) is 3.09. The Bertz CT molecular complexity index is 529. The van der Waals surface area contributed by atoms with Crippen LogP contribution in [0.1, 0.15) is 18.4 Å². The summed E-state index contributed by atoms with van der Waals surface area (Å²) >= 11 is 9.30. The molecule has 1 saturated carbocycles. The molecule has 0 aromatic heterocycles. The van der Waals surface area contributed by atoms with E-state index in [1.165, 1.54) is 0 Å². The Morgan fingerprint density at radius 1 is 1.42 bits per heavy atom. The zero-order valence-corrected chi connectivity index (χ0v) is 12.4. The summed E-state index contributed by atoms with van der Waals surface area (Å²) in [6.45, 7) is 0.396. The van der Waals surface area contributed by atoms with Gasteiger partial charge in [-0.25, -0.2) is 0 Å². The molecular weight excluding hydrogens is 334 g/mol. The van der Waals surface area contributed by atoms with Crippen molar-refractivity contribution in [3.05, 3.63) is 33.3 Å². The van der Waals surface area contributed by atoms with Crippen LogP contribution in [0.5, 0.6) is 0 Å². The average molecular weight is 347 g/mol. The fourth-order valence-corrected chi connectivity index (χ4v) is 2.52. The SMILES string of the molecule is O=C(O)C1(C(=O)NCCc2cc(Cl)ccc2Br)CC1. The predicted molar refractivity (Wildman–Crippen MR) is 75.2 cm³/mol. The highest BCUT2D eigenvalue weighted by Gasteiger charge is 2.56. The van der Waals surface area contributed by atoms with Gasteiger partial charge in [0.25, 0.3) is 0 Å². The van der Waals surface area contributed by atoms with Crippen molar-refractivity contribution in [2.24, 2.45) is 5.41 Å². The molecule has 2 N–H and O–H groups in total. The Hall–Kier alpha value is -1.07. The van der Waals surface area contributed by atoms with E-state index in [0.29, 0.717) is 30.8 Å². The van der Waals surface area contributed by atoms with E-state index in [4.69, 9.17) is 16.7 Å². The van der Waals surface area contributed by atoms with Crippen LogP contribution in [-0.2, 0) is 16.0 Å². The number of carbonyl (C=O) groups is 2. The van der Waals surface area contributed by atoms with Crippen LogP contribution in [0, 0.1) is 5.41 Å². The number of rotatable bonds is 5. The molecule has 6 heteroatoms. The van der Waals surface area contributed by atoms with Crippen LogP contribution in [0.2, 0.25) is 5.02 Å². The normalized spacial score (nSPS) is 15.9. The monoisotopic (exact) mass is 345 g/mol. The standard InChI is InChI=1S/C13H13BrClNO3/c14-10-2-1-9(15)7-8(10)3-6-16-11(17)13(4-5-13)12(18)19/h1-2,7H,3-6H2,(H,16,17)(H,18,19). The second-order valence-corrected chi connectivity index (χ2v) is 5.92. The van der Waals surface area contributed by atoms with E-state index in [9.17, 15) is 9.59 Å². The average Bonchev–Trinajstić information content (AvgIpc) is 3.14. The van der Waals surface area contributed by atoms with Gasteiger partial charge < -0.3 is 10.4 Å². The molecule has 1 aliphatic rings. The first-order chi connectivity index (χ1) is 8.95. The van der Waals surface area contributed by atoms with Crippen LogP contribution in [0.25, 0.3) is 0 Å². The maximum Gasteiger partial charge on any atom is 0.319 e. The Kier molecular flexibility index (Phi) is 4.16. The smallest absolute Gasteiger partial charge is 0.319 e. The lowest BCUT2D eigenvalue weighted by atomic mass is 10.1. The van der Waals surface area contributed by atoms with Gasteiger partial charge in [-0.2, -0.15) is 0 Å². The molecule has 0 spiro atoms. The number of carboxylic acid groups (broad SMARTS) is 1. The summed E-state index contributed by atoms with van der Waals surface area (Å²) in [5, 5.41) is 12.3. The fourth-order valence-electron chi connectivity index (χ4n) is 1.88. The van der Waals surface area contributed by atoms with Gasteiger partial charge in [-0.15, -0.1) is 0 Å². The van der Waals surface area contributed by atoms with E-state index in [0.717, 1.165) is 10.0 Å². The number of halogens is 2. The van der Waals surface area contributed by atoms with Crippen LogP contribution >= 0.6 is 27.5 Å². The van der Waals surface area contributed by atoms with Crippen LogP contribution < -0.4 is 5.32 Å². The number of carbonyl (C=O) groups excluding carboxylic acids is 1. The highest BCUT2D eigenvalue weighted by molar-refractivity contribution is 9.10. The summed E-state index contributed by atoms with van der Waals surface area (Å²) in [7, 11) is 0. The third-order valence-corrected chi connectivity index (χ3v) is 4.29. The highest BCUT2D eigenvalue weighted by atomic mass is 79.9. The second kappa shape index (κ2) is 5.51. The number of nitrogens with one attached hydrogen (secondary N) is 1. The lowest BCUT2D eigenvalue weighted by Gasteiger charge is -2.11. The Balaban J connectivity index is 1.89. The number of hydrogen-bond donors (Lipinski definition) is 2. The molecule has 0 aliphatic heterocycles. The predicted octanol–water partition coefficient (Wildman–Crippen LogP) is 2.63. The first-order valence-corrected chi connectivity index (χ1v) is 7.08. The maximum atomic E-state index is 11.8. The van der Waals surface area contributed by atoms with Gasteiger partial charge in [-0.1, -0.05) is 27.5 Å². The number of benzene rings is 1. The van der Waals surface area contributed by atoms with Crippen molar-refractivity contribution in [2.45, 2.75) is 19.3 Å². The van der Waals surface area contributed by atoms with Crippen LogP contribution in [0.3, 0.4) is 0 Å². The van der Waals surface area contributed by atoms with Crippen LogP contribution in [-0.4, -0.2) is 23.5 Å². The lowest BCUT2D eigenvalue weighted by Crippen LogP contribution is -2.37. The maximum absolute atomic E-state index is 11.8. The topological polar surface area (TPSA) is 66.4 Å². The van der Waals surface area contributed by atoms with E-state index in [1.807, 2.05) is 12.1 Å². The molecule has 1 aromatic rings. The van der Waals surface area contributed by atoms with Gasteiger partial charge >= 0.3 is 5.97 Å². The minimum atomic E-state index is -1.18. The van der Waals surface area contributed by atoms with E-state index < -0.39 is 17.3 Å². The van der Waals surface area contributed by atoms with Crippen LogP contribution in [0.15, 0.2) is 22.7 Å². The van der Waals surface area contributed by atoms with Crippen molar-refractivity contribution in [2.75, 3.05) is 6.54 Å². The van der Waals surface area contributed by atoms with Gasteiger partial charge in [-0.3, -0.25) is 9.59 Å². The minimum Gasteiger partial charge on any atom is -0.480 e. The van der Waals surface area contributed by atoms with Crippen molar-refractivity contribution in [3.8, 4) is 0 Å². The second-order valence-electron chi connectivity index (χ2n) is 4.63. The van der Waals surface area contributed by atoms with Gasteiger partial charge in [0.2, 0.25) is 5.91 Å². The molecule has 19 heavy (non-hydrogen) atoms. The summed E-state index contributed by atoms with van der Waals surface area (Å²) in [5.74, 6) is -1.42. The van der Waals surface area contributed by atoms with Gasteiger partial charge in [0.1, 0.15) is 5.41 Å². The van der Waals surface area contributed by atoms with Crippen molar-refractivity contribution in [1.29, 1.82) is 0 Å². The highest BCUT2D eigenvalue weighted by Crippen LogP contribution is 2.46. The number of aliphatic carboxylic acids is 1. The Morgan fingerprint density at radius 3 is 2.68 bits per heavy atom. The number of hydrogen-bond acceptors (Lipinski definition) is 2. The molecule has 4 nitrogen and oxygen atoms in total. The first-order valence-electron chi connectivity index (χ1n) is 5.91. The third-order valence-electron chi connectivity index (χ3n) is 3.28. The van der Waals surface area contributed by atoms with E-state index in [1.54, 1.807) is 6.07 Å². The molecular formula is C13H13BrClNO3. The molecule has 1 aliphatic carbocycles. The lowest BCUT2D eigenvalue weighted by molar-refractivity contribution is -0.149. The van der Waals surface area contributed by atoms with Crippen LogP contribution in [0.4, 0.5) is 0 Å². The molecule has 0 bridgehead atoms. The largest absolute Gasteiger partial charge is 0.480 e. The Labute approximate surface area is 124 Å². The zero-order valence-electron chi connectivity index (χ0n) is 10.1. The molecule has 0 unspecified atom stereocenters. The van der Waals surface area contributed by atoms with Crippen molar-refractivity contribution in [1.82, 2.24) is 5.32 Å². The van der Waals surface area contributed by atoms with E-state index >= 15 is 0 Å². The molecule has 0 radical (unpaired) electrons. The molecule has 102 valence electrons. The molecule has 0 heterocycles. The summed E-state index contributed by atoms with van der Waals surface area (Å²) in [6.07, 6.45) is 1.45. The number of amides is 1. The van der Waals surface area contributed by atoms with Crippen molar-refractivity contribution in [3.63, 3.8) is 0 Å². The van der Waals surface area contributed by atoms with Gasteiger partial charge in [0.15, 0.2) is 0 Å². The van der Waals surface area contributed by atoms with Gasteiger partial charge in [-0.05, 0) is 43.0 Å². The minimum absolute atomic E-state index is 0.391. The summed E-state index contributed by atoms with van der Waals surface area (Å²) in [6, 6.07) is 5.44. The van der Waals surface area contributed by atoms with Crippen molar-refractivity contribution < 1.29 is 14.7 Å². The quantitative estimate of drug-likeness (QED) is 0.806. The molecule has 1 amide bonds. The van der Waals surface area contributed by atoms with Gasteiger partial charge in [0.05, 0.1) is 0 Å². The molecule has 0 atom stereocenters. The first kappa shape index (κ1) is 14.3. The fraction of sp³-hybridized carbons (Fsp3) is 0.385. The molecule has 0 saturated heterocycles. The van der Waals surface area contributed by atoms with Gasteiger partial charge in [0, 0.05) is 16.0 Å². The summed E-state index contributed by atoms with van der Waals surface area (Å²) in [4.78, 5) is 22.8. The molecule has 2 rings (SSSR count). The molecule has 1 aromatic carbocycles. The zero-order chi connectivity index (χ0) is 14.0. The molecule has 1 fully saturated rings. The summed E-state index contributed by atoms with van der Waals surface area (Å²) < 4.78 is 0.922. The Morgan fingerprint density at radius 2 is 2.11 bits per heavy atom. The summed E-state index contributed by atoms with van der Waals surface area (Å²) in [5.41, 5.74) is -0.195. The van der Waals surface area contributed by atoms with Crippen molar-refractivity contribution >= 4 is 39.4 Å². The van der Waals surface area contributed by atoms with E-state index in [-0.39, 0.29) is 0 Å².